The van der Waals surface area contributed by atoms with Crippen molar-refractivity contribution in [3.63, 3.8) is 0 Å². The van der Waals surface area contributed by atoms with E-state index in [1.54, 1.807) is 0 Å². The predicted molar refractivity (Wildman–Crippen MR) is 89.5 cm³/mol. The summed E-state index contributed by atoms with van der Waals surface area (Å²) in [7, 11) is 0. The van der Waals surface area contributed by atoms with Crippen LogP contribution >= 0.6 is 0 Å². The maximum Gasteiger partial charge on any atom is 0.0448 e. The molecule has 0 aliphatic carbocycles. The molecule has 0 atom stereocenters. The summed E-state index contributed by atoms with van der Waals surface area (Å²) in [5.41, 5.74) is 3.98. The Bertz CT molecular complexity index is 572. The maximum atomic E-state index is 2.27. The lowest BCUT2D eigenvalue weighted by molar-refractivity contribution is 0.594. The molecule has 21 heavy (non-hydrogen) atoms. The zero-order chi connectivity index (χ0) is 14.5. The van der Waals surface area contributed by atoms with Gasteiger partial charge in [-0.05, 0) is 23.1 Å². The van der Waals surface area contributed by atoms with E-state index in [4.69, 9.17) is 0 Å². The molecule has 3 aromatic carbocycles. The zero-order valence-corrected chi connectivity index (χ0v) is 12.4. The van der Waals surface area contributed by atoms with Gasteiger partial charge >= 0.3 is 0 Å². The van der Waals surface area contributed by atoms with Crippen molar-refractivity contribution >= 4 is 0 Å². The van der Waals surface area contributed by atoms with E-state index in [-0.39, 0.29) is 5.41 Å². The van der Waals surface area contributed by atoms with E-state index >= 15 is 0 Å². The Balaban J connectivity index is 2.29. The molecule has 0 aromatic heterocycles. The standard InChI is InChI=1S/C21H20/c1-2-21(18-12-6-3-7-13-18,19-14-8-4-9-15-19)20-16-10-5-11-17-20/h3-17H,2H2,1H3. The lowest BCUT2D eigenvalue weighted by Gasteiger charge is -2.35. The first-order valence-electron chi connectivity index (χ1n) is 7.54. The highest BCUT2D eigenvalue weighted by Crippen LogP contribution is 2.41. The summed E-state index contributed by atoms with van der Waals surface area (Å²) >= 11 is 0. The molecule has 0 nitrogen and oxygen atoms in total. The van der Waals surface area contributed by atoms with Crippen molar-refractivity contribution in [1.82, 2.24) is 0 Å². The van der Waals surface area contributed by atoms with Gasteiger partial charge in [-0.25, -0.2) is 0 Å². The molecule has 0 bridgehead atoms. The lowest BCUT2D eigenvalue weighted by atomic mass is 9.68. The summed E-state index contributed by atoms with van der Waals surface area (Å²) in [4.78, 5) is 0. The van der Waals surface area contributed by atoms with Crippen molar-refractivity contribution < 1.29 is 0 Å². The molecule has 0 saturated heterocycles. The molecule has 0 fully saturated rings. The highest BCUT2D eigenvalue weighted by Gasteiger charge is 2.33. The second-order valence-electron chi connectivity index (χ2n) is 5.36. The minimum atomic E-state index is -0.0796. The van der Waals surface area contributed by atoms with Crippen LogP contribution in [0.1, 0.15) is 30.0 Å². The monoisotopic (exact) mass is 272 g/mol. The van der Waals surface area contributed by atoms with Crippen LogP contribution in [-0.2, 0) is 5.41 Å². The number of hydrogen-bond donors (Lipinski definition) is 0. The fourth-order valence-corrected chi connectivity index (χ4v) is 3.28. The van der Waals surface area contributed by atoms with Crippen LogP contribution in [0.15, 0.2) is 91.0 Å². The van der Waals surface area contributed by atoms with Crippen LogP contribution in [-0.4, -0.2) is 0 Å². The van der Waals surface area contributed by atoms with E-state index in [0.717, 1.165) is 6.42 Å². The van der Waals surface area contributed by atoms with Gasteiger partial charge in [0, 0.05) is 5.41 Å². The molecule has 0 saturated carbocycles. The zero-order valence-electron chi connectivity index (χ0n) is 12.4. The Morgan fingerprint density at radius 1 is 0.524 bits per heavy atom. The van der Waals surface area contributed by atoms with Crippen molar-refractivity contribution in [2.24, 2.45) is 0 Å². The van der Waals surface area contributed by atoms with Gasteiger partial charge in [0.05, 0.1) is 0 Å². The third-order valence-corrected chi connectivity index (χ3v) is 4.33. The molecule has 3 rings (SSSR count). The van der Waals surface area contributed by atoms with Gasteiger partial charge in [-0.15, -0.1) is 0 Å². The fraction of sp³-hybridized carbons (Fsp3) is 0.143. The molecule has 3 aromatic rings. The molecule has 0 unspecified atom stereocenters. The van der Waals surface area contributed by atoms with E-state index in [9.17, 15) is 0 Å². The third kappa shape index (κ3) is 2.38. The van der Waals surface area contributed by atoms with Gasteiger partial charge in [0.1, 0.15) is 0 Å². The summed E-state index contributed by atoms with van der Waals surface area (Å²) in [6, 6.07) is 32.5. The Labute approximate surface area is 127 Å². The van der Waals surface area contributed by atoms with Gasteiger partial charge in [-0.1, -0.05) is 97.9 Å². The van der Waals surface area contributed by atoms with Crippen LogP contribution in [0.3, 0.4) is 0 Å². The van der Waals surface area contributed by atoms with E-state index in [1.165, 1.54) is 16.7 Å². The van der Waals surface area contributed by atoms with Crippen molar-refractivity contribution in [3.8, 4) is 0 Å². The van der Waals surface area contributed by atoms with E-state index in [1.807, 2.05) is 0 Å². The molecular weight excluding hydrogens is 252 g/mol. The van der Waals surface area contributed by atoms with Crippen molar-refractivity contribution in [3.05, 3.63) is 108 Å². The number of rotatable bonds is 4. The van der Waals surface area contributed by atoms with E-state index < -0.39 is 0 Å². The summed E-state index contributed by atoms with van der Waals surface area (Å²) in [6.07, 6.45) is 1.03. The third-order valence-electron chi connectivity index (χ3n) is 4.33. The van der Waals surface area contributed by atoms with Crippen LogP contribution in [0, 0.1) is 0 Å². The average molecular weight is 272 g/mol. The van der Waals surface area contributed by atoms with Crippen molar-refractivity contribution in [2.75, 3.05) is 0 Å². The van der Waals surface area contributed by atoms with Gasteiger partial charge < -0.3 is 0 Å². The highest BCUT2D eigenvalue weighted by atomic mass is 14.4. The smallest absolute Gasteiger partial charge is 0.0448 e. The Hall–Kier alpha value is -2.34. The summed E-state index contributed by atoms with van der Waals surface area (Å²) in [5.74, 6) is 0. The SMILES string of the molecule is CCC(c1ccccc1)(c1ccccc1)c1ccccc1. The highest BCUT2D eigenvalue weighted by molar-refractivity contribution is 5.49. The molecule has 0 N–H and O–H groups in total. The van der Waals surface area contributed by atoms with Crippen LogP contribution in [0.4, 0.5) is 0 Å². The van der Waals surface area contributed by atoms with Crippen LogP contribution in [0.2, 0.25) is 0 Å². The molecule has 104 valence electrons. The largest absolute Gasteiger partial charge is 0.0639 e. The van der Waals surface area contributed by atoms with Gasteiger partial charge in [0.15, 0.2) is 0 Å². The molecule has 0 aliphatic heterocycles. The molecule has 0 heteroatoms. The Morgan fingerprint density at radius 3 is 1.05 bits per heavy atom. The molecule has 0 spiro atoms. The topological polar surface area (TPSA) is 0 Å². The van der Waals surface area contributed by atoms with E-state index in [2.05, 4.69) is 97.9 Å². The number of hydrogen-bond acceptors (Lipinski definition) is 0. The first-order valence-corrected chi connectivity index (χ1v) is 7.54. The Kier molecular flexibility index (Phi) is 3.87. The summed E-state index contributed by atoms with van der Waals surface area (Å²) < 4.78 is 0. The first-order chi connectivity index (χ1) is 10.4. The second-order valence-corrected chi connectivity index (χ2v) is 5.36. The second kappa shape index (κ2) is 5.97. The molecular formula is C21H20. The normalized spacial score (nSPS) is 11.3. The fourth-order valence-electron chi connectivity index (χ4n) is 3.28. The minimum absolute atomic E-state index is 0.0796. The quantitative estimate of drug-likeness (QED) is 0.555. The summed E-state index contributed by atoms with van der Waals surface area (Å²) in [6.45, 7) is 2.27. The maximum absolute atomic E-state index is 2.27. The lowest BCUT2D eigenvalue weighted by Crippen LogP contribution is -2.28. The average Bonchev–Trinajstić information content (AvgIpc) is 2.59. The summed E-state index contributed by atoms with van der Waals surface area (Å²) in [5, 5.41) is 0. The van der Waals surface area contributed by atoms with E-state index in [0.29, 0.717) is 0 Å². The molecule has 0 heterocycles. The first kappa shape index (κ1) is 13.6. The van der Waals surface area contributed by atoms with Crippen LogP contribution in [0.25, 0.3) is 0 Å². The van der Waals surface area contributed by atoms with Gasteiger partial charge in [0.2, 0.25) is 0 Å². The van der Waals surface area contributed by atoms with Gasteiger partial charge in [-0.2, -0.15) is 0 Å². The molecule has 0 radical (unpaired) electrons. The van der Waals surface area contributed by atoms with Gasteiger partial charge in [-0.3, -0.25) is 0 Å². The Morgan fingerprint density at radius 2 is 0.810 bits per heavy atom. The predicted octanol–water partition coefficient (Wildman–Crippen LogP) is 5.43. The minimum Gasteiger partial charge on any atom is -0.0639 e. The van der Waals surface area contributed by atoms with Crippen LogP contribution in [0.5, 0.6) is 0 Å². The molecule has 0 amide bonds. The van der Waals surface area contributed by atoms with Gasteiger partial charge in [0.25, 0.3) is 0 Å². The molecule has 0 aliphatic rings. The van der Waals surface area contributed by atoms with Crippen molar-refractivity contribution in [1.29, 1.82) is 0 Å². The van der Waals surface area contributed by atoms with Crippen LogP contribution < -0.4 is 0 Å². The van der Waals surface area contributed by atoms with Crippen molar-refractivity contribution in [2.45, 2.75) is 18.8 Å². The number of benzene rings is 3.